The molecular weight excluding hydrogens is 170 g/mol. The molecule has 0 bridgehead atoms. The molecular formula is C9H13NO3. The molecule has 1 atom stereocenters. The highest BCUT2D eigenvalue weighted by Crippen LogP contribution is 2.31. The molecule has 1 saturated heterocycles. The number of carbonyl (C=O) groups is 2. The Morgan fingerprint density at radius 3 is 2.23 bits per heavy atom. The molecule has 4 nitrogen and oxygen atoms in total. The summed E-state index contributed by atoms with van der Waals surface area (Å²) < 4.78 is 0. The Hall–Kier alpha value is -1.06. The van der Waals surface area contributed by atoms with Crippen molar-refractivity contribution >= 4 is 11.9 Å². The number of carboxylic acids is 1. The predicted octanol–water partition coefficient (Wildman–Crippen LogP) is 0.472. The number of aliphatic carboxylic acids is 1. The number of carboxylic acid groups (broad SMARTS) is 1. The highest BCUT2D eigenvalue weighted by Gasteiger charge is 2.41. The van der Waals surface area contributed by atoms with Crippen LogP contribution in [0.25, 0.3) is 0 Å². The summed E-state index contributed by atoms with van der Waals surface area (Å²) in [5.41, 5.74) is 0. The minimum Gasteiger partial charge on any atom is -0.480 e. The van der Waals surface area contributed by atoms with E-state index < -0.39 is 12.0 Å². The molecule has 13 heavy (non-hydrogen) atoms. The summed E-state index contributed by atoms with van der Waals surface area (Å²) >= 11 is 0. The first-order valence-electron chi connectivity index (χ1n) is 4.73. The lowest BCUT2D eigenvalue weighted by Gasteiger charge is -2.41. The first-order valence-corrected chi connectivity index (χ1v) is 4.73. The van der Waals surface area contributed by atoms with Gasteiger partial charge in [0, 0.05) is 12.5 Å². The largest absolute Gasteiger partial charge is 0.480 e. The van der Waals surface area contributed by atoms with Crippen molar-refractivity contribution in [3.63, 3.8) is 0 Å². The van der Waals surface area contributed by atoms with E-state index in [-0.39, 0.29) is 11.8 Å². The van der Waals surface area contributed by atoms with Gasteiger partial charge < -0.3 is 10.0 Å². The van der Waals surface area contributed by atoms with Crippen molar-refractivity contribution in [1.29, 1.82) is 0 Å². The van der Waals surface area contributed by atoms with Gasteiger partial charge in [-0.2, -0.15) is 0 Å². The Kier molecular flexibility index (Phi) is 1.98. The van der Waals surface area contributed by atoms with E-state index in [0.717, 1.165) is 19.3 Å². The summed E-state index contributed by atoms with van der Waals surface area (Å²) in [4.78, 5) is 23.7. The number of likely N-dealkylation sites (tertiary alicyclic amines) is 1. The van der Waals surface area contributed by atoms with Gasteiger partial charge in [0.15, 0.2) is 0 Å². The number of amides is 1. The number of nitrogens with zero attached hydrogens (tertiary/aromatic N) is 1. The van der Waals surface area contributed by atoms with E-state index in [2.05, 4.69) is 0 Å². The topological polar surface area (TPSA) is 57.6 Å². The zero-order valence-corrected chi connectivity index (χ0v) is 7.40. The fraction of sp³-hybridized carbons (Fsp3) is 0.778. The zero-order chi connectivity index (χ0) is 9.42. The summed E-state index contributed by atoms with van der Waals surface area (Å²) in [6, 6.07) is -0.534. The smallest absolute Gasteiger partial charge is 0.326 e. The third-order valence-corrected chi connectivity index (χ3v) is 3.04. The van der Waals surface area contributed by atoms with Crippen molar-refractivity contribution in [2.75, 3.05) is 6.54 Å². The molecule has 1 heterocycles. The third-order valence-electron chi connectivity index (χ3n) is 3.04. The molecule has 1 unspecified atom stereocenters. The van der Waals surface area contributed by atoms with E-state index >= 15 is 0 Å². The Morgan fingerprint density at radius 2 is 1.92 bits per heavy atom. The minimum absolute atomic E-state index is 0.0601. The van der Waals surface area contributed by atoms with Crippen LogP contribution in [0.4, 0.5) is 0 Å². The highest BCUT2D eigenvalue weighted by molar-refractivity contribution is 5.87. The highest BCUT2D eigenvalue weighted by atomic mass is 16.4. The van der Waals surface area contributed by atoms with Crippen molar-refractivity contribution < 1.29 is 14.7 Å². The summed E-state index contributed by atoms with van der Waals surface area (Å²) in [5, 5.41) is 8.73. The number of hydrogen-bond acceptors (Lipinski definition) is 2. The van der Waals surface area contributed by atoms with Crippen LogP contribution in [0.3, 0.4) is 0 Å². The molecule has 1 aliphatic heterocycles. The van der Waals surface area contributed by atoms with Crippen LogP contribution < -0.4 is 0 Å². The van der Waals surface area contributed by atoms with E-state index in [4.69, 9.17) is 5.11 Å². The minimum atomic E-state index is -0.862. The maximum absolute atomic E-state index is 11.6. The molecule has 2 fully saturated rings. The van der Waals surface area contributed by atoms with Gasteiger partial charge >= 0.3 is 5.97 Å². The molecule has 4 heteroatoms. The summed E-state index contributed by atoms with van der Waals surface area (Å²) in [7, 11) is 0. The zero-order valence-electron chi connectivity index (χ0n) is 7.40. The molecule has 0 radical (unpaired) electrons. The Morgan fingerprint density at radius 1 is 1.23 bits per heavy atom. The van der Waals surface area contributed by atoms with Crippen LogP contribution in [-0.4, -0.2) is 34.5 Å². The molecule has 1 saturated carbocycles. The van der Waals surface area contributed by atoms with Crippen LogP contribution in [0.2, 0.25) is 0 Å². The van der Waals surface area contributed by atoms with E-state index in [1.807, 2.05) is 0 Å². The molecule has 0 aromatic carbocycles. The fourth-order valence-corrected chi connectivity index (χ4v) is 1.80. The lowest BCUT2D eigenvalue weighted by molar-refractivity contribution is -0.160. The number of hydrogen-bond donors (Lipinski definition) is 1. The van der Waals surface area contributed by atoms with Crippen molar-refractivity contribution in [3.05, 3.63) is 0 Å². The van der Waals surface area contributed by atoms with Gasteiger partial charge in [0.25, 0.3) is 0 Å². The monoisotopic (exact) mass is 183 g/mol. The van der Waals surface area contributed by atoms with Crippen LogP contribution in [0.1, 0.15) is 25.7 Å². The van der Waals surface area contributed by atoms with Gasteiger partial charge in [-0.25, -0.2) is 4.79 Å². The molecule has 1 amide bonds. The number of rotatable bonds is 2. The molecule has 2 rings (SSSR count). The average Bonchev–Trinajstić information content (AvgIpc) is 1.76. The summed E-state index contributed by atoms with van der Waals surface area (Å²) in [6.45, 7) is 0.631. The van der Waals surface area contributed by atoms with Crippen molar-refractivity contribution in [2.45, 2.75) is 31.7 Å². The number of carbonyl (C=O) groups excluding carboxylic acids is 1. The quantitative estimate of drug-likeness (QED) is 0.677. The molecule has 1 N–H and O–H groups in total. The maximum Gasteiger partial charge on any atom is 0.326 e. The first-order chi connectivity index (χ1) is 6.20. The SMILES string of the molecule is O=C(O)C1CCN1C(=O)C1CCC1. The van der Waals surface area contributed by atoms with Crippen LogP contribution in [0, 0.1) is 5.92 Å². The Labute approximate surface area is 76.5 Å². The second-order valence-corrected chi connectivity index (χ2v) is 3.80. The van der Waals surface area contributed by atoms with Gasteiger partial charge in [0.2, 0.25) is 5.91 Å². The molecule has 2 aliphatic rings. The molecule has 72 valence electrons. The van der Waals surface area contributed by atoms with Crippen molar-refractivity contribution in [2.24, 2.45) is 5.92 Å². The van der Waals surface area contributed by atoms with E-state index in [1.54, 1.807) is 0 Å². The summed E-state index contributed by atoms with van der Waals surface area (Å²) in [6.07, 6.45) is 3.62. The lowest BCUT2D eigenvalue weighted by Crippen LogP contribution is -2.57. The van der Waals surface area contributed by atoms with Gasteiger partial charge in [-0.1, -0.05) is 6.42 Å². The van der Waals surface area contributed by atoms with Gasteiger partial charge in [-0.05, 0) is 19.3 Å². The van der Waals surface area contributed by atoms with Gasteiger partial charge in [0.1, 0.15) is 6.04 Å². The third kappa shape index (κ3) is 1.30. The first kappa shape index (κ1) is 8.53. The predicted molar refractivity (Wildman–Crippen MR) is 45.1 cm³/mol. The Bertz CT molecular complexity index is 247. The second-order valence-electron chi connectivity index (χ2n) is 3.80. The molecule has 0 spiro atoms. The van der Waals surface area contributed by atoms with Crippen LogP contribution >= 0.6 is 0 Å². The fourth-order valence-electron chi connectivity index (χ4n) is 1.80. The van der Waals surface area contributed by atoms with E-state index in [9.17, 15) is 9.59 Å². The van der Waals surface area contributed by atoms with E-state index in [0.29, 0.717) is 13.0 Å². The van der Waals surface area contributed by atoms with Gasteiger partial charge in [-0.15, -0.1) is 0 Å². The van der Waals surface area contributed by atoms with Crippen LogP contribution in [0.5, 0.6) is 0 Å². The van der Waals surface area contributed by atoms with Crippen molar-refractivity contribution in [3.8, 4) is 0 Å². The maximum atomic E-state index is 11.6. The summed E-state index contributed by atoms with van der Waals surface area (Å²) in [5.74, 6) is -0.675. The van der Waals surface area contributed by atoms with Crippen molar-refractivity contribution in [1.82, 2.24) is 4.90 Å². The van der Waals surface area contributed by atoms with Crippen LogP contribution in [0.15, 0.2) is 0 Å². The van der Waals surface area contributed by atoms with Gasteiger partial charge in [-0.3, -0.25) is 4.79 Å². The Balaban J connectivity index is 1.93. The van der Waals surface area contributed by atoms with E-state index in [1.165, 1.54) is 4.90 Å². The molecule has 0 aromatic rings. The molecule has 1 aliphatic carbocycles. The van der Waals surface area contributed by atoms with Gasteiger partial charge in [0.05, 0.1) is 0 Å². The normalized spacial score (nSPS) is 27.7. The average molecular weight is 183 g/mol. The molecule has 0 aromatic heterocycles. The van der Waals surface area contributed by atoms with Crippen LogP contribution in [-0.2, 0) is 9.59 Å². The second kappa shape index (κ2) is 3.01. The lowest BCUT2D eigenvalue weighted by atomic mass is 9.83. The standard InChI is InChI=1S/C9H13NO3/c11-8(6-2-1-3-6)10-5-4-7(10)9(12)13/h6-7H,1-5H2,(H,12,13).